The van der Waals surface area contributed by atoms with E-state index in [4.69, 9.17) is 9.72 Å². The molecule has 1 aromatic carbocycles. The van der Waals surface area contributed by atoms with Crippen LogP contribution in [-0.4, -0.2) is 36.0 Å². The maximum Gasteiger partial charge on any atom is 0.408 e. The first-order valence-electron chi connectivity index (χ1n) is 11.8. The van der Waals surface area contributed by atoms with Crippen molar-refractivity contribution in [1.29, 1.82) is 0 Å². The molecular formula is C27H31BrF2N2O4S. The molecular weight excluding hydrogens is 566 g/mol. The van der Waals surface area contributed by atoms with E-state index in [1.807, 2.05) is 0 Å². The molecule has 0 fully saturated rings. The lowest BCUT2D eigenvalue weighted by molar-refractivity contribution is 0.0883. The van der Waals surface area contributed by atoms with Crippen LogP contribution in [0.1, 0.15) is 75.2 Å². The number of carbonyl (C=O) groups excluding carboxylic acids is 1. The first kappa shape index (κ1) is 29.1. The summed E-state index contributed by atoms with van der Waals surface area (Å²) in [6.45, 7) is 8.44. The van der Waals surface area contributed by atoms with Crippen LogP contribution in [0.25, 0.3) is 0 Å². The van der Waals surface area contributed by atoms with E-state index in [0.29, 0.717) is 15.9 Å². The number of pyridine rings is 1. The lowest BCUT2D eigenvalue weighted by atomic mass is 10.0. The van der Waals surface area contributed by atoms with Crippen molar-refractivity contribution in [3.63, 3.8) is 0 Å². The van der Waals surface area contributed by atoms with Crippen LogP contribution in [0, 0.1) is 23.5 Å². The van der Waals surface area contributed by atoms with Crippen LogP contribution in [0.5, 0.6) is 0 Å². The van der Waals surface area contributed by atoms with Crippen molar-refractivity contribution < 1.29 is 26.7 Å². The zero-order valence-electron chi connectivity index (χ0n) is 21.8. The number of fused-ring (bicyclic) bond motifs is 1. The zero-order chi connectivity index (χ0) is 27.8. The minimum Gasteiger partial charge on any atom is -0.439 e. The Kier molecular flexibility index (Phi) is 8.40. The molecule has 1 amide bonds. The monoisotopic (exact) mass is 596 g/mol. The molecule has 1 atom stereocenters. The zero-order valence-corrected chi connectivity index (χ0v) is 24.2. The normalized spacial score (nSPS) is 14.4. The summed E-state index contributed by atoms with van der Waals surface area (Å²) in [6, 6.07) is 3.13. The molecule has 10 heteroatoms. The van der Waals surface area contributed by atoms with E-state index >= 15 is 0 Å². The van der Waals surface area contributed by atoms with Crippen LogP contribution in [0.2, 0.25) is 0 Å². The van der Waals surface area contributed by atoms with Crippen molar-refractivity contribution >= 4 is 31.9 Å². The number of rotatable bonds is 5. The van der Waals surface area contributed by atoms with Gasteiger partial charge in [0.25, 0.3) is 0 Å². The summed E-state index contributed by atoms with van der Waals surface area (Å²) in [5, 5.41) is 2.73. The van der Waals surface area contributed by atoms with E-state index in [9.17, 15) is 22.0 Å². The average Bonchev–Trinajstić information content (AvgIpc) is 3.20. The standard InChI is InChI=1S/C27H31BrF2N2O4S/c1-26(2,3)32-25(33)36-22(14-16-12-17(29)15-18(30)13-16)24-23(28)20-9-7-8-19(20)21(31-24)10-11-27(4,5)37(6,34)35/h12-13,15,22H,7-9,14H2,1-6H3,(H,32,33)/t22-/m0/s1. The number of sulfone groups is 1. The second-order valence-corrected chi connectivity index (χ2v) is 14.1. The molecule has 1 aliphatic carbocycles. The van der Waals surface area contributed by atoms with Gasteiger partial charge in [-0.2, -0.15) is 0 Å². The quantitative estimate of drug-likeness (QED) is 0.454. The van der Waals surface area contributed by atoms with E-state index in [2.05, 4.69) is 33.1 Å². The van der Waals surface area contributed by atoms with Gasteiger partial charge in [0.05, 0.1) is 5.69 Å². The van der Waals surface area contributed by atoms with Gasteiger partial charge in [-0.3, -0.25) is 0 Å². The summed E-state index contributed by atoms with van der Waals surface area (Å²) in [7, 11) is -3.46. The number of amides is 1. The lowest BCUT2D eigenvalue weighted by Crippen LogP contribution is -2.41. The third-order valence-electron chi connectivity index (χ3n) is 6.01. The van der Waals surface area contributed by atoms with Gasteiger partial charge in [-0.05, 0) is 105 Å². The van der Waals surface area contributed by atoms with Crippen LogP contribution < -0.4 is 5.32 Å². The molecule has 0 radical (unpaired) electrons. The maximum atomic E-state index is 13.9. The SMILES string of the molecule is CC(C)(C)NC(=O)O[C@@H](Cc1cc(F)cc(F)c1)c1nc(C#CC(C)(C)S(C)(=O)=O)c2c(c1Br)CCC2. The van der Waals surface area contributed by atoms with Crippen LogP contribution in [0.3, 0.4) is 0 Å². The summed E-state index contributed by atoms with van der Waals surface area (Å²) in [6.07, 6.45) is 1.66. The van der Waals surface area contributed by atoms with E-state index in [1.54, 1.807) is 20.8 Å². The van der Waals surface area contributed by atoms with Gasteiger partial charge >= 0.3 is 6.09 Å². The first-order chi connectivity index (χ1) is 17.0. The second kappa shape index (κ2) is 10.7. The van der Waals surface area contributed by atoms with Crippen molar-refractivity contribution in [3.05, 3.63) is 62.4 Å². The van der Waals surface area contributed by atoms with E-state index in [-0.39, 0.29) is 12.0 Å². The highest BCUT2D eigenvalue weighted by Crippen LogP contribution is 2.37. The summed E-state index contributed by atoms with van der Waals surface area (Å²) >= 11 is 3.62. The smallest absolute Gasteiger partial charge is 0.408 e. The minimum atomic E-state index is -3.46. The molecule has 0 unspecified atom stereocenters. The van der Waals surface area contributed by atoms with Gasteiger partial charge in [0, 0.05) is 28.8 Å². The number of benzene rings is 1. The summed E-state index contributed by atoms with van der Waals surface area (Å²) < 4.78 is 57.3. The highest BCUT2D eigenvalue weighted by molar-refractivity contribution is 9.10. The Morgan fingerprint density at radius 2 is 1.73 bits per heavy atom. The van der Waals surface area contributed by atoms with Crippen LogP contribution in [0.15, 0.2) is 22.7 Å². The van der Waals surface area contributed by atoms with Crippen molar-refractivity contribution in [3.8, 4) is 11.8 Å². The Balaban J connectivity index is 2.14. The lowest BCUT2D eigenvalue weighted by Gasteiger charge is -2.25. The average molecular weight is 598 g/mol. The molecule has 0 spiro atoms. The molecule has 0 saturated heterocycles. The largest absolute Gasteiger partial charge is 0.439 e. The molecule has 1 aliphatic rings. The van der Waals surface area contributed by atoms with E-state index < -0.39 is 44.0 Å². The van der Waals surface area contributed by atoms with Gasteiger partial charge in [0.15, 0.2) is 15.9 Å². The van der Waals surface area contributed by atoms with E-state index in [1.165, 1.54) is 26.0 Å². The van der Waals surface area contributed by atoms with Crippen molar-refractivity contribution in [1.82, 2.24) is 10.3 Å². The van der Waals surface area contributed by atoms with Gasteiger partial charge in [-0.1, -0.05) is 5.92 Å². The summed E-state index contributed by atoms with van der Waals surface area (Å²) in [5.41, 5.74) is 2.30. The Bertz CT molecular complexity index is 1370. The third-order valence-corrected chi connectivity index (χ3v) is 8.85. The number of hydrogen-bond acceptors (Lipinski definition) is 5. The van der Waals surface area contributed by atoms with E-state index in [0.717, 1.165) is 42.7 Å². The molecule has 2 aromatic rings. The van der Waals surface area contributed by atoms with Crippen molar-refractivity contribution in [2.24, 2.45) is 0 Å². The fourth-order valence-electron chi connectivity index (χ4n) is 3.86. The van der Waals surface area contributed by atoms with Crippen molar-refractivity contribution in [2.75, 3.05) is 6.26 Å². The van der Waals surface area contributed by atoms with Gasteiger partial charge in [0.2, 0.25) is 0 Å². The van der Waals surface area contributed by atoms with Crippen LogP contribution in [-0.2, 0) is 33.8 Å². The number of ether oxygens (including phenoxy) is 1. The minimum absolute atomic E-state index is 0.0433. The number of alkyl carbamates (subject to hydrolysis) is 1. The molecule has 6 nitrogen and oxygen atoms in total. The van der Waals surface area contributed by atoms with Gasteiger partial charge in [-0.25, -0.2) is 27.0 Å². The molecule has 1 aromatic heterocycles. The number of nitrogens with one attached hydrogen (secondary N) is 1. The number of halogens is 3. The van der Waals surface area contributed by atoms with Gasteiger partial charge < -0.3 is 10.1 Å². The molecule has 200 valence electrons. The predicted molar refractivity (Wildman–Crippen MR) is 142 cm³/mol. The molecule has 0 bridgehead atoms. The van der Waals surface area contributed by atoms with Crippen LogP contribution >= 0.6 is 15.9 Å². The number of carbonyl (C=O) groups is 1. The fourth-order valence-corrected chi connectivity index (χ4v) is 4.88. The molecule has 0 aliphatic heterocycles. The Morgan fingerprint density at radius 3 is 2.30 bits per heavy atom. The predicted octanol–water partition coefficient (Wildman–Crippen LogP) is 5.59. The molecule has 3 rings (SSSR count). The molecule has 0 saturated carbocycles. The highest BCUT2D eigenvalue weighted by atomic mass is 79.9. The highest BCUT2D eigenvalue weighted by Gasteiger charge is 2.31. The molecule has 1 N–H and O–H groups in total. The topological polar surface area (TPSA) is 85.4 Å². The summed E-state index contributed by atoms with van der Waals surface area (Å²) in [4.78, 5) is 17.5. The summed E-state index contributed by atoms with van der Waals surface area (Å²) in [5.74, 6) is 4.29. The first-order valence-corrected chi connectivity index (χ1v) is 14.5. The maximum absolute atomic E-state index is 13.9. The molecule has 37 heavy (non-hydrogen) atoms. The number of hydrogen-bond donors (Lipinski definition) is 1. The van der Waals surface area contributed by atoms with Gasteiger partial charge in [-0.15, -0.1) is 0 Å². The fraction of sp³-hybridized carbons (Fsp3) is 0.481. The Morgan fingerprint density at radius 1 is 1.14 bits per heavy atom. The third kappa shape index (κ3) is 7.29. The van der Waals surface area contributed by atoms with Crippen molar-refractivity contribution in [2.45, 2.75) is 76.7 Å². The molecule has 1 heterocycles. The number of nitrogens with zero attached hydrogens (tertiary/aromatic N) is 1. The van der Waals surface area contributed by atoms with Gasteiger partial charge in [0.1, 0.15) is 22.1 Å². The Hall–Kier alpha value is -2.51. The number of aromatic nitrogens is 1. The Labute approximate surface area is 225 Å². The van der Waals surface area contributed by atoms with Crippen LogP contribution in [0.4, 0.5) is 13.6 Å². The second-order valence-electron chi connectivity index (χ2n) is 10.8.